The molecule has 1 aromatic rings. The first-order chi connectivity index (χ1) is 8.01. The van der Waals surface area contributed by atoms with Crippen LogP contribution >= 0.6 is 0 Å². The van der Waals surface area contributed by atoms with Crippen LogP contribution in [0.25, 0.3) is 0 Å². The van der Waals surface area contributed by atoms with Gasteiger partial charge in [0.1, 0.15) is 5.78 Å². The van der Waals surface area contributed by atoms with Gasteiger partial charge >= 0.3 is 0 Å². The zero-order valence-electron chi connectivity index (χ0n) is 10.1. The molecule has 0 saturated carbocycles. The van der Waals surface area contributed by atoms with E-state index >= 15 is 0 Å². The van der Waals surface area contributed by atoms with Gasteiger partial charge in [0.15, 0.2) is 0 Å². The Labute approximate surface area is 102 Å². The molecule has 0 aliphatic rings. The van der Waals surface area contributed by atoms with Crippen molar-refractivity contribution in [1.29, 1.82) is 0 Å². The monoisotopic (exact) mass is 255 g/mol. The first kappa shape index (κ1) is 13.9. The summed E-state index contributed by atoms with van der Waals surface area (Å²) in [7, 11) is -3.50. The highest BCUT2D eigenvalue weighted by atomic mass is 32.2. The Hall–Kier alpha value is -1.20. The van der Waals surface area contributed by atoms with Crippen molar-refractivity contribution in [3.8, 4) is 0 Å². The standard InChI is InChI=1S/C12H17NO3S/c1-3-11(14)9-10-7-5-6-8-12(10)17(15,16)13-4-2/h5-8,13H,3-4,9H2,1-2H3. The summed E-state index contributed by atoms with van der Waals surface area (Å²) in [6.07, 6.45) is 0.576. The van der Waals surface area contributed by atoms with Gasteiger partial charge in [-0.05, 0) is 11.6 Å². The number of carbonyl (C=O) groups is 1. The summed E-state index contributed by atoms with van der Waals surface area (Å²) in [6, 6.07) is 6.60. The molecule has 0 aliphatic heterocycles. The van der Waals surface area contributed by atoms with E-state index in [-0.39, 0.29) is 17.1 Å². The Morgan fingerprint density at radius 1 is 1.24 bits per heavy atom. The van der Waals surface area contributed by atoms with Crippen LogP contribution in [-0.4, -0.2) is 20.7 Å². The lowest BCUT2D eigenvalue weighted by atomic mass is 10.1. The molecule has 1 rings (SSSR count). The number of benzene rings is 1. The number of hydrogen-bond donors (Lipinski definition) is 1. The van der Waals surface area contributed by atoms with Gasteiger partial charge in [0, 0.05) is 19.4 Å². The number of sulfonamides is 1. The maximum absolute atomic E-state index is 11.9. The van der Waals surface area contributed by atoms with Crippen LogP contribution in [0.15, 0.2) is 29.2 Å². The minimum atomic E-state index is -3.50. The van der Waals surface area contributed by atoms with Crippen LogP contribution in [0.3, 0.4) is 0 Å². The smallest absolute Gasteiger partial charge is 0.240 e. The van der Waals surface area contributed by atoms with Crippen molar-refractivity contribution < 1.29 is 13.2 Å². The second kappa shape index (κ2) is 5.93. The number of Topliss-reactive ketones (excluding diaryl/α,β-unsaturated/α-hetero) is 1. The van der Waals surface area contributed by atoms with Crippen LogP contribution in [0.2, 0.25) is 0 Å². The van der Waals surface area contributed by atoms with Gasteiger partial charge in [-0.15, -0.1) is 0 Å². The molecule has 1 N–H and O–H groups in total. The minimum absolute atomic E-state index is 0.0316. The third-order valence-corrected chi connectivity index (χ3v) is 4.02. The number of hydrogen-bond acceptors (Lipinski definition) is 3. The highest BCUT2D eigenvalue weighted by molar-refractivity contribution is 7.89. The number of nitrogens with one attached hydrogen (secondary N) is 1. The van der Waals surface area contributed by atoms with E-state index in [2.05, 4.69) is 4.72 Å². The van der Waals surface area contributed by atoms with Crippen LogP contribution < -0.4 is 4.72 Å². The molecule has 0 fully saturated rings. The normalized spacial score (nSPS) is 11.4. The Balaban J connectivity index is 3.12. The third kappa shape index (κ3) is 3.64. The molecule has 0 radical (unpaired) electrons. The van der Waals surface area contributed by atoms with Crippen LogP contribution in [0.4, 0.5) is 0 Å². The highest BCUT2D eigenvalue weighted by Gasteiger charge is 2.17. The third-order valence-electron chi connectivity index (χ3n) is 2.38. The molecule has 0 atom stereocenters. The van der Waals surface area contributed by atoms with Gasteiger partial charge in [-0.1, -0.05) is 32.0 Å². The summed E-state index contributed by atoms with van der Waals surface area (Å²) in [5, 5.41) is 0. The van der Waals surface area contributed by atoms with E-state index in [4.69, 9.17) is 0 Å². The zero-order valence-corrected chi connectivity index (χ0v) is 10.9. The molecule has 0 heterocycles. The van der Waals surface area contributed by atoms with E-state index in [1.807, 2.05) is 0 Å². The first-order valence-corrected chi connectivity index (χ1v) is 7.08. The van der Waals surface area contributed by atoms with Crippen LogP contribution in [0.1, 0.15) is 25.8 Å². The van der Waals surface area contributed by atoms with Gasteiger partial charge in [0.25, 0.3) is 0 Å². The quantitative estimate of drug-likeness (QED) is 0.838. The molecule has 0 aromatic heterocycles. The summed E-state index contributed by atoms with van der Waals surface area (Å²) < 4.78 is 26.2. The van der Waals surface area contributed by atoms with Gasteiger partial charge in [-0.2, -0.15) is 0 Å². The molecule has 17 heavy (non-hydrogen) atoms. The lowest BCUT2D eigenvalue weighted by molar-refractivity contribution is -0.118. The van der Waals surface area contributed by atoms with Crippen molar-refractivity contribution in [2.24, 2.45) is 0 Å². The van der Waals surface area contributed by atoms with E-state index in [0.717, 1.165) is 0 Å². The van der Waals surface area contributed by atoms with Crippen molar-refractivity contribution in [3.05, 3.63) is 29.8 Å². The van der Waals surface area contributed by atoms with Crippen LogP contribution in [0.5, 0.6) is 0 Å². The molecule has 4 nitrogen and oxygen atoms in total. The lowest BCUT2D eigenvalue weighted by Crippen LogP contribution is -2.24. The summed E-state index contributed by atoms with van der Waals surface area (Å²) in [5.74, 6) is 0.0316. The largest absolute Gasteiger partial charge is 0.299 e. The molecule has 0 spiro atoms. The fraction of sp³-hybridized carbons (Fsp3) is 0.417. The Kier molecular flexibility index (Phi) is 4.84. The molecule has 5 heteroatoms. The maximum Gasteiger partial charge on any atom is 0.240 e. The summed E-state index contributed by atoms with van der Waals surface area (Å²) in [4.78, 5) is 11.6. The summed E-state index contributed by atoms with van der Waals surface area (Å²) in [6.45, 7) is 3.82. The van der Waals surface area contributed by atoms with Crippen LogP contribution in [0, 0.1) is 0 Å². The predicted molar refractivity (Wildman–Crippen MR) is 66.3 cm³/mol. The van der Waals surface area contributed by atoms with Crippen molar-refractivity contribution in [1.82, 2.24) is 4.72 Å². The molecule has 0 unspecified atom stereocenters. The van der Waals surface area contributed by atoms with Crippen molar-refractivity contribution in [2.45, 2.75) is 31.6 Å². The Morgan fingerprint density at radius 2 is 1.88 bits per heavy atom. The first-order valence-electron chi connectivity index (χ1n) is 5.60. The van der Waals surface area contributed by atoms with Gasteiger partial charge in [-0.25, -0.2) is 13.1 Å². The SMILES string of the molecule is CCNS(=O)(=O)c1ccccc1CC(=O)CC. The molecule has 0 amide bonds. The van der Waals surface area contributed by atoms with E-state index in [1.54, 1.807) is 32.0 Å². The van der Waals surface area contributed by atoms with Crippen molar-refractivity contribution >= 4 is 15.8 Å². The van der Waals surface area contributed by atoms with E-state index in [1.165, 1.54) is 6.07 Å². The number of ketones is 1. The van der Waals surface area contributed by atoms with E-state index in [9.17, 15) is 13.2 Å². The average molecular weight is 255 g/mol. The number of rotatable bonds is 6. The van der Waals surface area contributed by atoms with Gasteiger partial charge in [0.2, 0.25) is 10.0 Å². The summed E-state index contributed by atoms with van der Waals surface area (Å²) in [5.41, 5.74) is 0.556. The molecular formula is C12H17NO3S. The Bertz CT molecular complexity index is 494. The Morgan fingerprint density at radius 3 is 2.47 bits per heavy atom. The second-order valence-corrected chi connectivity index (χ2v) is 5.41. The highest BCUT2D eigenvalue weighted by Crippen LogP contribution is 2.16. The lowest BCUT2D eigenvalue weighted by Gasteiger charge is -2.09. The molecule has 1 aromatic carbocycles. The van der Waals surface area contributed by atoms with Crippen LogP contribution in [-0.2, 0) is 21.2 Å². The maximum atomic E-state index is 11.9. The van der Waals surface area contributed by atoms with E-state index in [0.29, 0.717) is 18.5 Å². The zero-order chi connectivity index (χ0) is 12.9. The topological polar surface area (TPSA) is 63.2 Å². The van der Waals surface area contributed by atoms with Gasteiger partial charge < -0.3 is 0 Å². The van der Waals surface area contributed by atoms with Crippen molar-refractivity contribution in [2.75, 3.05) is 6.54 Å². The molecule has 0 aliphatic carbocycles. The van der Waals surface area contributed by atoms with Gasteiger partial charge in [0.05, 0.1) is 4.90 Å². The minimum Gasteiger partial charge on any atom is -0.299 e. The summed E-state index contributed by atoms with van der Waals surface area (Å²) >= 11 is 0. The number of carbonyl (C=O) groups excluding carboxylic acids is 1. The fourth-order valence-electron chi connectivity index (χ4n) is 1.52. The molecule has 94 valence electrons. The fourth-order valence-corrected chi connectivity index (χ4v) is 2.80. The molecular weight excluding hydrogens is 238 g/mol. The van der Waals surface area contributed by atoms with Crippen molar-refractivity contribution in [3.63, 3.8) is 0 Å². The average Bonchev–Trinajstić information content (AvgIpc) is 2.29. The second-order valence-electron chi connectivity index (χ2n) is 3.68. The molecule has 0 saturated heterocycles. The van der Waals surface area contributed by atoms with E-state index < -0.39 is 10.0 Å². The predicted octanol–water partition coefficient (Wildman–Crippen LogP) is 1.51. The van der Waals surface area contributed by atoms with Gasteiger partial charge in [-0.3, -0.25) is 4.79 Å². The molecule has 0 bridgehead atoms.